The Bertz CT molecular complexity index is 628. The van der Waals surface area contributed by atoms with Gasteiger partial charge in [-0.05, 0) is 54.8 Å². The van der Waals surface area contributed by atoms with Crippen LogP contribution in [0, 0.1) is 0 Å². The van der Waals surface area contributed by atoms with Gasteiger partial charge in [0.05, 0.1) is 12.1 Å². The molecule has 1 aliphatic carbocycles. The lowest BCUT2D eigenvalue weighted by atomic mass is 9.98. The number of benzene rings is 1. The SMILES string of the molecule is CC1=CC(=NC(=O)Cc2ccc(Cl)cc2)C=C(C)C1=O. The lowest BCUT2D eigenvalue weighted by Crippen LogP contribution is -2.12. The molecule has 0 bridgehead atoms. The summed E-state index contributed by atoms with van der Waals surface area (Å²) in [5.41, 5.74) is 2.58. The van der Waals surface area contributed by atoms with Crippen molar-refractivity contribution in [3.05, 3.63) is 58.1 Å². The van der Waals surface area contributed by atoms with Gasteiger partial charge in [0, 0.05) is 5.02 Å². The molecule has 20 heavy (non-hydrogen) atoms. The highest BCUT2D eigenvalue weighted by Gasteiger charge is 2.14. The van der Waals surface area contributed by atoms with E-state index in [0.29, 0.717) is 21.9 Å². The lowest BCUT2D eigenvalue weighted by molar-refractivity contribution is -0.117. The second-order valence-corrected chi connectivity index (χ2v) is 5.15. The van der Waals surface area contributed by atoms with Crippen LogP contribution in [0.25, 0.3) is 0 Å². The van der Waals surface area contributed by atoms with Crippen LogP contribution in [-0.2, 0) is 16.0 Å². The van der Waals surface area contributed by atoms with E-state index < -0.39 is 0 Å². The largest absolute Gasteiger partial charge is 0.289 e. The van der Waals surface area contributed by atoms with E-state index >= 15 is 0 Å². The Kier molecular flexibility index (Phi) is 4.30. The molecule has 0 saturated heterocycles. The maximum Gasteiger partial charge on any atom is 0.250 e. The highest BCUT2D eigenvalue weighted by Crippen LogP contribution is 2.13. The summed E-state index contributed by atoms with van der Waals surface area (Å²) in [5, 5.41) is 0.635. The molecule has 4 heteroatoms. The molecule has 0 unspecified atom stereocenters. The fourth-order valence-electron chi connectivity index (χ4n) is 1.95. The third-order valence-corrected chi connectivity index (χ3v) is 3.22. The number of rotatable bonds is 2. The van der Waals surface area contributed by atoms with Crippen LogP contribution in [0.1, 0.15) is 19.4 Å². The molecule has 0 aliphatic heterocycles. The van der Waals surface area contributed by atoms with E-state index in [2.05, 4.69) is 4.99 Å². The van der Waals surface area contributed by atoms with Crippen molar-refractivity contribution in [2.45, 2.75) is 20.3 Å². The Hall–Kier alpha value is -2.00. The average Bonchev–Trinajstić information content (AvgIpc) is 2.38. The molecular formula is C16H14ClNO2. The number of carbonyl (C=O) groups excluding carboxylic acids is 2. The topological polar surface area (TPSA) is 46.5 Å². The number of hydrogen-bond acceptors (Lipinski definition) is 2. The minimum absolute atomic E-state index is 0.00546. The van der Waals surface area contributed by atoms with Gasteiger partial charge in [0.25, 0.3) is 5.91 Å². The third kappa shape index (κ3) is 3.52. The van der Waals surface area contributed by atoms with Gasteiger partial charge in [-0.25, -0.2) is 4.99 Å². The van der Waals surface area contributed by atoms with Gasteiger partial charge in [0.15, 0.2) is 5.78 Å². The van der Waals surface area contributed by atoms with Crippen molar-refractivity contribution in [2.24, 2.45) is 4.99 Å². The Balaban J connectivity index is 2.13. The monoisotopic (exact) mass is 287 g/mol. The summed E-state index contributed by atoms with van der Waals surface area (Å²) >= 11 is 5.79. The molecule has 0 radical (unpaired) electrons. The van der Waals surface area contributed by atoms with Crippen LogP contribution in [0.5, 0.6) is 0 Å². The van der Waals surface area contributed by atoms with E-state index in [1.165, 1.54) is 0 Å². The van der Waals surface area contributed by atoms with Gasteiger partial charge in [-0.1, -0.05) is 23.7 Å². The highest BCUT2D eigenvalue weighted by atomic mass is 35.5. The molecule has 0 spiro atoms. The van der Waals surface area contributed by atoms with Gasteiger partial charge in [0.2, 0.25) is 0 Å². The van der Waals surface area contributed by atoms with Gasteiger partial charge < -0.3 is 0 Å². The van der Waals surface area contributed by atoms with Crippen molar-refractivity contribution >= 4 is 29.0 Å². The predicted molar refractivity (Wildman–Crippen MR) is 80.1 cm³/mol. The summed E-state index contributed by atoms with van der Waals surface area (Å²) < 4.78 is 0. The van der Waals surface area contributed by atoms with Crippen molar-refractivity contribution in [3.63, 3.8) is 0 Å². The smallest absolute Gasteiger partial charge is 0.250 e. The second kappa shape index (κ2) is 5.97. The van der Waals surface area contributed by atoms with E-state index in [1.54, 1.807) is 50.3 Å². The van der Waals surface area contributed by atoms with Crippen molar-refractivity contribution in [2.75, 3.05) is 0 Å². The normalized spacial score (nSPS) is 14.8. The summed E-state index contributed by atoms with van der Waals surface area (Å²) in [7, 11) is 0. The first-order valence-electron chi connectivity index (χ1n) is 6.23. The molecule has 3 nitrogen and oxygen atoms in total. The minimum atomic E-state index is -0.246. The quantitative estimate of drug-likeness (QED) is 0.783. The number of hydrogen-bond donors (Lipinski definition) is 0. The predicted octanol–water partition coefficient (Wildman–Crippen LogP) is 3.33. The fourth-order valence-corrected chi connectivity index (χ4v) is 2.08. The molecule has 102 valence electrons. The Morgan fingerprint density at radius 1 is 1.10 bits per heavy atom. The molecule has 1 amide bonds. The molecule has 2 rings (SSSR count). The Labute approximate surface area is 122 Å². The van der Waals surface area contributed by atoms with Crippen molar-refractivity contribution in [3.8, 4) is 0 Å². The van der Waals surface area contributed by atoms with Crippen molar-refractivity contribution in [1.29, 1.82) is 0 Å². The summed E-state index contributed by atoms with van der Waals surface area (Å²) in [4.78, 5) is 27.5. The molecule has 0 N–H and O–H groups in total. The van der Waals surface area contributed by atoms with Crippen LogP contribution in [0.15, 0.2) is 52.6 Å². The second-order valence-electron chi connectivity index (χ2n) is 4.72. The number of carbonyl (C=O) groups is 2. The number of halogens is 1. The average molecular weight is 288 g/mol. The molecule has 1 aromatic rings. The molecule has 0 fully saturated rings. The summed E-state index contributed by atoms with van der Waals surface area (Å²) in [5.74, 6) is -0.251. The molecule has 1 aliphatic rings. The van der Waals surface area contributed by atoms with E-state index in [4.69, 9.17) is 11.6 Å². The zero-order valence-corrected chi connectivity index (χ0v) is 12.1. The van der Waals surface area contributed by atoms with Gasteiger partial charge >= 0.3 is 0 Å². The molecule has 0 aromatic heterocycles. The number of aliphatic imine (C=N–C) groups is 1. The van der Waals surface area contributed by atoms with Crippen LogP contribution in [0.2, 0.25) is 5.02 Å². The number of Topliss-reactive ketones (excluding diaryl/α,β-unsaturated/α-hetero) is 1. The number of ketones is 1. The van der Waals surface area contributed by atoms with Gasteiger partial charge in [-0.2, -0.15) is 0 Å². The summed E-state index contributed by atoms with van der Waals surface area (Å²) in [6, 6.07) is 7.08. The minimum Gasteiger partial charge on any atom is -0.289 e. The zero-order valence-electron chi connectivity index (χ0n) is 11.3. The third-order valence-electron chi connectivity index (χ3n) is 2.97. The molecular weight excluding hydrogens is 274 g/mol. The van der Waals surface area contributed by atoms with E-state index in [1.807, 2.05) is 0 Å². The first kappa shape index (κ1) is 14.4. The molecule has 0 saturated carbocycles. The summed E-state index contributed by atoms with van der Waals surface area (Å²) in [6.45, 7) is 3.44. The van der Waals surface area contributed by atoms with Crippen molar-refractivity contribution in [1.82, 2.24) is 0 Å². The first-order valence-corrected chi connectivity index (χ1v) is 6.61. The van der Waals surface area contributed by atoms with Crippen molar-refractivity contribution < 1.29 is 9.59 Å². The van der Waals surface area contributed by atoms with Crippen LogP contribution < -0.4 is 0 Å². The highest BCUT2D eigenvalue weighted by molar-refractivity contribution is 6.30. The van der Waals surface area contributed by atoms with Crippen LogP contribution >= 0.6 is 11.6 Å². The molecule has 1 aromatic carbocycles. The fraction of sp³-hybridized carbons (Fsp3) is 0.188. The summed E-state index contributed by atoms with van der Waals surface area (Å²) in [6.07, 6.45) is 3.48. The maximum atomic E-state index is 11.9. The lowest BCUT2D eigenvalue weighted by Gasteiger charge is -2.08. The molecule has 0 atom stereocenters. The number of allylic oxidation sites excluding steroid dienone is 4. The Morgan fingerprint density at radius 3 is 2.20 bits per heavy atom. The van der Waals surface area contributed by atoms with Gasteiger partial charge in [-0.15, -0.1) is 0 Å². The maximum absolute atomic E-state index is 11.9. The van der Waals surface area contributed by atoms with Crippen LogP contribution in [0.3, 0.4) is 0 Å². The number of amides is 1. The van der Waals surface area contributed by atoms with Gasteiger partial charge in [-0.3, -0.25) is 9.59 Å². The van der Waals surface area contributed by atoms with Crippen LogP contribution in [0.4, 0.5) is 0 Å². The van der Waals surface area contributed by atoms with E-state index in [0.717, 1.165) is 5.56 Å². The zero-order chi connectivity index (χ0) is 14.7. The van der Waals surface area contributed by atoms with Gasteiger partial charge in [0.1, 0.15) is 0 Å². The standard InChI is InChI=1S/C16H14ClNO2/c1-10-7-14(8-11(2)16(10)20)18-15(19)9-12-3-5-13(17)6-4-12/h3-8H,9H2,1-2H3. The van der Waals surface area contributed by atoms with Crippen LogP contribution in [-0.4, -0.2) is 17.4 Å². The van der Waals surface area contributed by atoms with E-state index in [-0.39, 0.29) is 18.1 Å². The first-order chi connectivity index (χ1) is 9.45. The Morgan fingerprint density at radius 2 is 1.65 bits per heavy atom. The molecule has 0 heterocycles. The number of nitrogens with zero attached hydrogens (tertiary/aromatic N) is 1. The van der Waals surface area contributed by atoms with E-state index in [9.17, 15) is 9.59 Å².